The Hall–Kier alpha value is -1.02. The number of benzene rings is 1. The van der Waals surface area contributed by atoms with Crippen LogP contribution in [0, 0.1) is 0 Å². The van der Waals surface area contributed by atoms with Crippen LogP contribution in [0.4, 0.5) is 5.69 Å². The first-order valence-corrected chi connectivity index (χ1v) is 6.96. The summed E-state index contributed by atoms with van der Waals surface area (Å²) in [6.45, 7) is 4.54. The van der Waals surface area contributed by atoms with Crippen LogP contribution in [0.25, 0.3) is 0 Å². The molecule has 1 fully saturated rings. The summed E-state index contributed by atoms with van der Waals surface area (Å²) >= 11 is 0. The molecule has 0 bridgehead atoms. The van der Waals surface area contributed by atoms with Crippen LogP contribution >= 0.6 is 0 Å². The van der Waals surface area contributed by atoms with Gasteiger partial charge in [-0.3, -0.25) is 0 Å². The van der Waals surface area contributed by atoms with E-state index in [1.807, 2.05) is 0 Å². The topological polar surface area (TPSA) is 15.3 Å². The molecule has 1 saturated carbocycles. The van der Waals surface area contributed by atoms with Crippen molar-refractivity contribution in [3.8, 4) is 0 Å². The molecule has 0 saturated heterocycles. The van der Waals surface area contributed by atoms with Gasteiger partial charge in [0.25, 0.3) is 0 Å². The Bertz CT molecular complexity index is 454. The van der Waals surface area contributed by atoms with Crippen molar-refractivity contribution in [1.29, 1.82) is 0 Å². The molecule has 1 aromatic carbocycles. The number of para-hydroxylation sites is 1. The average molecular weight is 228 g/mol. The molecule has 0 radical (unpaired) electrons. The van der Waals surface area contributed by atoms with E-state index in [2.05, 4.69) is 35.3 Å². The van der Waals surface area contributed by atoms with E-state index in [0.29, 0.717) is 6.04 Å². The minimum atomic E-state index is 0.606. The largest absolute Gasteiger partial charge is 0.366 e. The van der Waals surface area contributed by atoms with Gasteiger partial charge in [0.05, 0.1) is 0 Å². The van der Waals surface area contributed by atoms with Crippen LogP contribution < -0.4 is 10.2 Å². The Morgan fingerprint density at radius 2 is 2.24 bits per heavy atom. The molecule has 2 nitrogen and oxygen atoms in total. The molecular weight excluding hydrogens is 208 g/mol. The van der Waals surface area contributed by atoms with E-state index in [-0.39, 0.29) is 0 Å². The van der Waals surface area contributed by atoms with E-state index >= 15 is 0 Å². The van der Waals surface area contributed by atoms with E-state index in [1.54, 1.807) is 11.3 Å². The molecule has 1 unspecified atom stereocenters. The van der Waals surface area contributed by atoms with Gasteiger partial charge in [0.1, 0.15) is 0 Å². The fourth-order valence-electron chi connectivity index (χ4n) is 4.12. The molecule has 1 aromatic rings. The number of nitrogens with zero attached hydrogens (tertiary/aromatic N) is 1. The van der Waals surface area contributed by atoms with Gasteiger partial charge in [-0.25, -0.2) is 0 Å². The first-order valence-electron chi connectivity index (χ1n) is 6.96. The molecule has 0 aromatic heterocycles. The number of rotatable bonds is 0. The molecule has 4 rings (SSSR count). The highest BCUT2D eigenvalue weighted by atomic mass is 15.2. The molecule has 90 valence electrons. The molecule has 2 heterocycles. The van der Waals surface area contributed by atoms with Crippen molar-refractivity contribution in [2.75, 3.05) is 11.4 Å². The summed E-state index contributed by atoms with van der Waals surface area (Å²) in [7, 11) is 0. The van der Waals surface area contributed by atoms with Crippen molar-refractivity contribution in [1.82, 2.24) is 5.32 Å². The lowest BCUT2D eigenvalue weighted by atomic mass is 9.96. The Labute approximate surface area is 103 Å². The molecule has 0 amide bonds. The maximum atomic E-state index is 3.63. The van der Waals surface area contributed by atoms with Crippen LogP contribution in [0.1, 0.15) is 43.2 Å². The average Bonchev–Trinajstić information content (AvgIpc) is 2.85. The molecule has 2 heteroatoms. The Morgan fingerprint density at radius 1 is 1.29 bits per heavy atom. The monoisotopic (exact) mass is 228 g/mol. The van der Waals surface area contributed by atoms with Crippen molar-refractivity contribution in [2.24, 2.45) is 0 Å². The molecule has 0 spiro atoms. The standard InChI is InChI=1S/C15H20N2/c1-10-9-17-14-7-3-5-12(14)13-6-2-4-11(8-16-10)15(13)17/h2,4,6,10,12,14,16H,3,5,7-9H2,1H3/t10-,12-,14?/m0/s1. The van der Waals surface area contributed by atoms with Crippen molar-refractivity contribution >= 4 is 5.69 Å². The van der Waals surface area contributed by atoms with E-state index in [0.717, 1.165) is 18.5 Å². The third kappa shape index (κ3) is 1.30. The maximum Gasteiger partial charge on any atom is 0.0451 e. The summed E-state index contributed by atoms with van der Waals surface area (Å²) in [6.07, 6.45) is 4.21. The molecule has 3 aliphatic rings. The SMILES string of the molecule is C[C@H]1CN2c3c(cccc3[C@@H]3CCCC32)CN1. The Morgan fingerprint density at radius 3 is 3.18 bits per heavy atom. The minimum Gasteiger partial charge on any atom is -0.366 e. The second-order valence-electron chi connectivity index (χ2n) is 5.89. The van der Waals surface area contributed by atoms with Crippen molar-refractivity contribution < 1.29 is 0 Å². The molecule has 17 heavy (non-hydrogen) atoms. The summed E-state index contributed by atoms with van der Waals surface area (Å²) in [5, 5.41) is 3.63. The quantitative estimate of drug-likeness (QED) is 0.734. The van der Waals surface area contributed by atoms with E-state index in [4.69, 9.17) is 0 Å². The summed E-state index contributed by atoms with van der Waals surface area (Å²) in [5.41, 5.74) is 4.74. The third-order valence-electron chi connectivity index (χ3n) is 4.83. The minimum absolute atomic E-state index is 0.606. The second-order valence-corrected chi connectivity index (χ2v) is 5.89. The summed E-state index contributed by atoms with van der Waals surface area (Å²) in [6, 6.07) is 8.34. The van der Waals surface area contributed by atoms with Gasteiger partial charge in [-0.05, 0) is 30.9 Å². The van der Waals surface area contributed by atoms with Gasteiger partial charge in [-0.2, -0.15) is 0 Å². The maximum absolute atomic E-state index is 3.63. The van der Waals surface area contributed by atoms with Gasteiger partial charge in [-0.1, -0.05) is 24.6 Å². The number of hydrogen-bond donors (Lipinski definition) is 1. The van der Waals surface area contributed by atoms with E-state index in [1.165, 1.54) is 31.4 Å². The molecule has 3 atom stereocenters. The lowest BCUT2D eigenvalue weighted by Gasteiger charge is -2.28. The van der Waals surface area contributed by atoms with Crippen molar-refractivity contribution in [3.63, 3.8) is 0 Å². The van der Waals surface area contributed by atoms with Gasteiger partial charge in [0, 0.05) is 36.8 Å². The van der Waals surface area contributed by atoms with Crippen LogP contribution in [0.15, 0.2) is 18.2 Å². The van der Waals surface area contributed by atoms with Gasteiger partial charge in [-0.15, -0.1) is 0 Å². The van der Waals surface area contributed by atoms with Crippen molar-refractivity contribution in [2.45, 2.75) is 50.7 Å². The Kier molecular flexibility index (Phi) is 2.04. The summed E-state index contributed by atoms with van der Waals surface area (Å²) in [4.78, 5) is 2.72. The smallest absolute Gasteiger partial charge is 0.0451 e. The van der Waals surface area contributed by atoms with Gasteiger partial charge >= 0.3 is 0 Å². The first-order chi connectivity index (χ1) is 8.34. The number of anilines is 1. The third-order valence-corrected chi connectivity index (χ3v) is 4.83. The predicted octanol–water partition coefficient (Wildman–Crippen LogP) is 2.63. The predicted molar refractivity (Wildman–Crippen MR) is 70.5 cm³/mol. The van der Waals surface area contributed by atoms with Crippen LogP contribution in [-0.4, -0.2) is 18.6 Å². The van der Waals surface area contributed by atoms with Crippen molar-refractivity contribution in [3.05, 3.63) is 29.3 Å². The fraction of sp³-hybridized carbons (Fsp3) is 0.600. The van der Waals surface area contributed by atoms with Gasteiger partial charge in [0.15, 0.2) is 0 Å². The molecule has 2 aliphatic heterocycles. The van der Waals surface area contributed by atoms with Gasteiger partial charge < -0.3 is 10.2 Å². The van der Waals surface area contributed by atoms with Crippen LogP contribution in [0.2, 0.25) is 0 Å². The second kappa shape index (κ2) is 3.49. The summed E-state index contributed by atoms with van der Waals surface area (Å²) in [5.74, 6) is 0.829. The normalized spacial score (nSPS) is 34.4. The number of hydrogen-bond acceptors (Lipinski definition) is 2. The highest BCUT2D eigenvalue weighted by Crippen LogP contribution is 2.50. The zero-order valence-electron chi connectivity index (χ0n) is 10.4. The lowest BCUT2D eigenvalue weighted by Crippen LogP contribution is -2.40. The highest BCUT2D eigenvalue weighted by molar-refractivity contribution is 5.67. The van der Waals surface area contributed by atoms with E-state index < -0.39 is 0 Å². The van der Waals surface area contributed by atoms with E-state index in [9.17, 15) is 0 Å². The number of fused-ring (bicyclic) bond motifs is 3. The molecular formula is C15H20N2. The molecule has 1 N–H and O–H groups in total. The first kappa shape index (κ1) is 9.95. The van der Waals surface area contributed by atoms with Crippen LogP contribution in [-0.2, 0) is 6.54 Å². The number of nitrogens with one attached hydrogen (secondary N) is 1. The van der Waals surface area contributed by atoms with Crippen LogP contribution in [0.3, 0.4) is 0 Å². The zero-order valence-corrected chi connectivity index (χ0v) is 10.4. The lowest BCUT2D eigenvalue weighted by molar-refractivity contribution is 0.512. The highest BCUT2D eigenvalue weighted by Gasteiger charge is 2.43. The zero-order chi connectivity index (χ0) is 11.4. The fourth-order valence-corrected chi connectivity index (χ4v) is 4.12. The van der Waals surface area contributed by atoms with Crippen LogP contribution in [0.5, 0.6) is 0 Å². The van der Waals surface area contributed by atoms with Gasteiger partial charge in [0.2, 0.25) is 0 Å². The molecule has 1 aliphatic carbocycles. The Balaban J connectivity index is 1.89. The summed E-state index contributed by atoms with van der Waals surface area (Å²) < 4.78 is 0.